The van der Waals surface area contributed by atoms with E-state index < -0.39 is 0 Å². The second kappa shape index (κ2) is 7.26. The van der Waals surface area contributed by atoms with Crippen LogP contribution in [0.2, 0.25) is 0 Å². The summed E-state index contributed by atoms with van der Waals surface area (Å²) in [7, 11) is 0. The van der Waals surface area contributed by atoms with Crippen molar-refractivity contribution in [1.29, 1.82) is 0 Å². The van der Waals surface area contributed by atoms with Crippen LogP contribution in [0.15, 0.2) is 0 Å². The van der Waals surface area contributed by atoms with Gasteiger partial charge in [-0.2, -0.15) is 0 Å². The lowest BCUT2D eigenvalue weighted by molar-refractivity contribution is -0.122. The molecule has 0 radical (unpaired) electrons. The van der Waals surface area contributed by atoms with Crippen LogP contribution in [0.1, 0.15) is 19.8 Å². The molecule has 0 aromatic carbocycles. The van der Waals surface area contributed by atoms with Gasteiger partial charge in [0.2, 0.25) is 5.91 Å². The highest BCUT2D eigenvalue weighted by molar-refractivity contribution is 5.81. The molecule has 0 aromatic rings. The van der Waals surface area contributed by atoms with E-state index >= 15 is 0 Å². The van der Waals surface area contributed by atoms with Crippen molar-refractivity contribution >= 4 is 5.91 Å². The van der Waals surface area contributed by atoms with Crippen LogP contribution in [-0.4, -0.2) is 49.6 Å². The third-order valence-corrected chi connectivity index (χ3v) is 2.84. The fraction of sp³-hybridized carbons (Fsp3) is 0.750. The first-order valence-corrected chi connectivity index (χ1v) is 5.91. The van der Waals surface area contributed by atoms with Crippen LogP contribution in [0.5, 0.6) is 0 Å². The second-order valence-electron chi connectivity index (χ2n) is 4.15. The van der Waals surface area contributed by atoms with Crippen molar-refractivity contribution in [3.05, 3.63) is 0 Å². The zero-order valence-electron chi connectivity index (χ0n) is 9.96. The zero-order chi connectivity index (χ0) is 11.8. The van der Waals surface area contributed by atoms with Gasteiger partial charge in [0.1, 0.15) is 0 Å². The number of terminal acetylenes is 1. The largest absolute Gasteiger partial charge is 0.344 e. The molecule has 1 saturated heterocycles. The van der Waals surface area contributed by atoms with Gasteiger partial charge in [0, 0.05) is 13.1 Å². The molecule has 0 aromatic heterocycles. The van der Waals surface area contributed by atoms with Crippen LogP contribution in [0, 0.1) is 12.3 Å². The summed E-state index contributed by atoms with van der Waals surface area (Å²) < 4.78 is 0. The number of carbonyl (C=O) groups excluding carboxylic acids is 1. The molecule has 1 rings (SSSR count). The lowest BCUT2D eigenvalue weighted by atomic mass is 10.3. The fourth-order valence-corrected chi connectivity index (χ4v) is 1.83. The molecule has 90 valence electrons. The molecule has 1 heterocycles. The molecule has 0 saturated carbocycles. The third-order valence-electron chi connectivity index (χ3n) is 2.84. The smallest absolute Gasteiger partial charge is 0.237 e. The minimum absolute atomic E-state index is 0.0284. The van der Waals surface area contributed by atoms with Gasteiger partial charge in [-0.15, -0.1) is 6.42 Å². The molecule has 0 bridgehead atoms. The summed E-state index contributed by atoms with van der Waals surface area (Å²) in [5.74, 6) is 2.36. The minimum Gasteiger partial charge on any atom is -0.344 e. The summed E-state index contributed by atoms with van der Waals surface area (Å²) in [5.41, 5.74) is 0. The molecular formula is C12H21N3O. The lowest BCUT2D eigenvalue weighted by Gasteiger charge is -2.17. The average molecular weight is 223 g/mol. The Kier molecular flexibility index (Phi) is 5.91. The minimum atomic E-state index is -0.170. The summed E-state index contributed by atoms with van der Waals surface area (Å²) in [6, 6.07) is -0.170. The van der Waals surface area contributed by atoms with E-state index in [1.165, 1.54) is 25.9 Å². The summed E-state index contributed by atoms with van der Waals surface area (Å²) in [6.45, 7) is 6.42. The Balaban J connectivity index is 2.07. The van der Waals surface area contributed by atoms with E-state index in [0.29, 0.717) is 6.54 Å². The maximum absolute atomic E-state index is 11.4. The van der Waals surface area contributed by atoms with Gasteiger partial charge < -0.3 is 15.5 Å². The van der Waals surface area contributed by atoms with Crippen molar-refractivity contribution < 1.29 is 4.79 Å². The van der Waals surface area contributed by atoms with E-state index in [0.717, 1.165) is 13.1 Å². The Morgan fingerprint density at radius 2 is 2.19 bits per heavy atom. The van der Waals surface area contributed by atoms with E-state index in [9.17, 15) is 4.79 Å². The van der Waals surface area contributed by atoms with Crippen LogP contribution in [0.25, 0.3) is 0 Å². The van der Waals surface area contributed by atoms with E-state index in [-0.39, 0.29) is 11.9 Å². The second-order valence-corrected chi connectivity index (χ2v) is 4.15. The van der Waals surface area contributed by atoms with Crippen LogP contribution in [0.4, 0.5) is 0 Å². The standard InChI is InChI=1S/C12H21N3O/c1-3-6-14-12(16)11(2)13-7-10-15-8-4-5-9-15/h1,11,13H,4-10H2,2H3,(H,14,16). The third kappa shape index (κ3) is 4.65. The molecule has 0 spiro atoms. The summed E-state index contributed by atoms with van der Waals surface area (Å²) in [5, 5.41) is 5.86. The lowest BCUT2D eigenvalue weighted by Crippen LogP contribution is -2.44. The van der Waals surface area contributed by atoms with Gasteiger partial charge in [-0.05, 0) is 32.9 Å². The first-order valence-electron chi connectivity index (χ1n) is 5.91. The van der Waals surface area contributed by atoms with E-state index in [2.05, 4.69) is 21.5 Å². The van der Waals surface area contributed by atoms with Gasteiger partial charge in [0.15, 0.2) is 0 Å². The number of hydrogen-bond donors (Lipinski definition) is 2. The Hall–Kier alpha value is -1.05. The number of rotatable bonds is 6. The molecule has 4 nitrogen and oxygen atoms in total. The number of nitrogens with zero attached hydrogens (tertiary/aromatic N) is 1. The molecule has 1 atom stereocenters. The van der Waals surface area contributed by atoms with Crippen LogP contribution in [0.3, 0.4) is 0 Å². The highest BCUT2D eigenvalue weighted by Gasteiger charge is 2.13. The highest BCUT2D eigenvalue weighted by atomic mass is 16.2. The summed E-state index contributed by atoms with van der Waals surface area (Å²) in [6.07, 6.45) is 7.68. The van der Waals surface area contributed by atoms with Crippen molar-refractivity contribution in [2.45, 2.75) is 25.8 Å². The van der Waals surface area contributed by atoms with Crippen LogP contribution in [-0.2, 0) is 4.79 Å². The highest BCUT2D eigenvalue weighted by Crippen LogP contribution is 2.05. The SMILES string of the molecule is C#CCNC(=O)C(C)NCCN1CCCC1. The quantitative estimate of drug-likeness (QED) is 0.614. The summed E-state index contributed by atoms with van der Waals surface area (Å²) in [4.78, 5) is 13.9. The maximum Gasteiger partial charge on any atom is 0.237 e. The number of likely N-dealkylation sites (tertiary alicyclic amines) is 1. The average Bonchev–Trinajstić information content (AvgIpc) is 2.78. The maximum atomic E-state index is 11.4. The van der Waals surface area contributed by atoms with Crippen molar-refractivity contribution in [1.82, 2.24) is 15.5 Å². The molecule has 4 heteroatoms. The van der Waals surface area contributed by atoms with Gasteiger partial charge in [-0.3, -0.25) is 4.79 Å². The Bertz CT molecular complexity index is 253. The molecule has 1 amide bonds. The molecule has 1 aliphatic heterocycles. The number of carbonyl (C=O) groups is 1. The van der Waals surface area contributed by atoms with Crippen molar-refractivity contribution in [2.75, 3.05) is 32.7 Å². The van der Waals surface area contributed by atoms with Crippen LogP contribution < -0.4 is 10.6 Å². The predicted octanol–water partition coefficient (Wildman–Crippen LogP) is -0.190. The molecule has 2 N–H and O–H groups in total. The van der Waals surface area contributed by atoms with E-state index in [1.807, 2.05) is 6.92 Å². The number of hydrogen-bond acceptors (Lipinski definition) is 3. The number of amides is 1. The van der Waals surface area contributed by atoms with Gasteiger partial charge in [0.05, 0.1) is 12.6 Å². The topological polar surface area (TPSA) is 44.4 Å². The Morgan fingerprint density at radius 3 is 2.81 bits per heavy atom. The summed E-state index contributed by atoms with van der Waals surface area (Å²) >= 11 is 0. The van der Waals surface area contributed by atoms with Gasteiger partial charge in [-0.1, -0.05) is 5.92 Å². The predicted molar refractivity (Wildman–Crippen MR) is 65.0 cm³/mol. The molecule has 0 aliphatic carbocycles. The zero-order valence-corrected chi connectivity index (χ0v) is 9.96. The van der Waals surface area contributed by atoms with Gasteiger partial charge >= 0.3 is 0 Å². The van der Waals surface area contributed by atoms with E-state index in [1.54, 1.807) is 0 Å². The first kappa shape index (κ1) is 13.0. The Morgan fingerprint density at radius 1 is 1.50 bits per heavy atom. The molecule has 1 unspecified atom stereocenters. The normalized spacial score (nSPS) is 18.0. The van der Waals surface area contributed by atoms with Gasteiger partial charge in [-0.25, -0.2) is 0 Å². The molecular weight excluding hydrogens is 202 g/mol. The fourth-order valence-electron chi connectivity index (χ4n) is 1.83. The number of nitrogens with one attached hydrogen (secondary N) is 2. The Labute approximate surface area is 97.8 Å². The van der Waals surface area contributed by atoms with Crippen molar-refractivity contribution in [2.24, 2.45) is 0 Å². The van der Waals surface area contributed by atoms with E-state index in [4.69, 9.17) is 6.42 Å². The van der Waals surface area contributed by atoms with Crippen molar-refractivity contribution in [3.63, 3.8) is 0 Å². The molecule has 16 heavy (non-hydrogen) atoms. The van der Waals surface area contributed by atoms with Crippen molar-refractivity contribution in [3.8, 4) is 12.3 Å². The molecule has 1 fully saturated rings. The van der Waals surface area contributed by atoms with Gasteiger partial charge in [0.25, 0.3) is 0 Å². The monoisotopic (exact) mass is 223 g/mol. The molecule has 1 aliphatic rings. The van der Waals surface area contributed by atoms with Crippen LogP contribution >= 0.6 is 0 Å². The first-order chi connectivity index (χ1) is 7.74.